The summed E-state index contributed by atoms with van der Waals surface area (Å²) in [4.78, 5) is 49.7. The molecule has 0 radical (unpaired) electrons. The Morgan fingerprint density at radius 1 is 0.970 bits per heavy atom. The molecule has 2 saturated heterocycles. The van der Waals surface area contributed by atoms with Gasteiger partial charge in [0.2, 0.25) is 11.8 Å². The number of hydrogen-bond donors (Lipinski definition) is 4. The molecule has 11 nitrogen and oxygen atoms in total. The molecule has 2 heterocycles. The van der Waals surface area contributed by atoms with E-state index in [1.54, 1.807) is 0 Å². The highest BCUT2D eigenvalue weighted by Gasteiger charge is 2.43. The summed E-state index contributed by atoms with van der Waals surface area (Å²) in [5, 5.41) is 32.1. The van der Waals surface area contributed by atoms with Gasteiger partial charge in [0.05, 0.1) is 18.6 Å². The van der Waals surface area contributed by atoms with Gasteiger partial charge in [-0.2, -0.15) is 0 Å². The molecule has 0 saturated carbocycles. The molecule has 0 aliphatic carbocycles. The number of amides is 2. The van der Waals surface area contributed by atoms with Gasteiger partial charge in [-0.3, -0.25) is 14.4 Å². The smallest absolute Gasteiger partial charge is 0.225 e. The van der Waals surface area contributed by atoms with Crippen LogP contribution in [0.5, 0.6) is 0 Å². The number of carbonyl (C=O) groups is 4. The van der Waals surface area contributed by atoms with Crippen LogP contribution in [0.4, 0.5) is 0 Å². The molecule has 4 N–H and O–H groups in total. The van der Waals surface area contributed by atoms with Gasteiger partial charge in [-0.05, 0) is 33.6 Å². The van der Waals surface area contributed by atoms with Gasteiger partial charge in [0.1, 0.15) is 29.9 Å². The number of likely N-dealkylation sites (tertiary alicyclic amines) is 1. The first-order valence-corrected chi connectivity index (χ1v) is 11.4. The van der Waals surface area contributed by atoms with Gasteiger partial charge in [-0.1, -0.05) is 0 Å². The van der Waals surface area contributed by atoms with Gasteiger partial charge < -0.3 is 39.8 Å². The Kier molecular flexibility index (Phi) is 10.4. The summed E-state index contributed by atoms with van der Waals surface area (Å²) in [6.07, 6.45) is -4.05. The lowest BCUT2D eigenvalue weighted by Gasteiger charge is -2.38. The minimum absolute atomic E-state index is 0.0285. The van der Waals surface area contributed by atoms with Crippen LogP contribution in [0, 0.1) is 11.8 Å². The molecule has 2 amide bonds. The number of aliphatic hydroxyl groups is 3. The third-order valence-corrected chi connectivity index (χ3v) is 6.19. The fraction of sp³-hybridized carbons (Fsp3) is 0.818. The summed E-state index contributed by atoms with van der Waals surface area (Å²) in [7, 11) is 0. The maximum Gasteiger partial charge on any atom is 0.225 e. The predicted octanol–water partition coefficient (Wildman–Crippen LogP) is -1.24. The van der Waals surface area contributed by atoms with Gasteiger partial charge >= 0.3 is 0 Å². The van der Waals surface area contributed by atoms with Gasteiger partial charge in [0, 0.05) is 38.4 Å². The zero-order valence-electron chi connectivity index (χ0n) is 19.4. The summed E-state index contributed by atoms with van der Waals surface area (Å²) >= 11 is 0. The molecule has 2 fully saturated rings. The summed E-state index contributed by atoms with van der Waals surface area (Å²) in [5.74, 6) is -1.86. The molecule has 0 aromatic carbocycles. The molecule has 7 atom stereocenters. The molecule has 0 bridgehead atoms. The monoisotopic (exact) mass is 472 g/mol. The number of carbonyl (C=O) groups excluding carboxylic acids is 4. The van der Waals surface area contributed by atoms with Crippen molar-refractivity contribution < 1.29 is 44.0 Å². The summed E-state index contributed by atoms with van der Waals surface area (Å²) in [6, 6.07) is 0. The van der Waals surface area contributed by atoms with E-state index < -0.39 is 42.5 Å². The predicted molar refractivity (Wildman–Crippen MR) is 115 cm³/mol. The van der Waals surface area contributed by atoms with Crippen LogP contribution in [0.15, 0.2) is 0 Å². The quantitative estimate of drug-likeness (QED) is 0.269. The number of Topliss-reactive ketones (excluding diaryl/α,β-unsaturated/α-hetero) is 2. The molecule has 33 heavy (non-hydrogen) atoms. The SMILES string of the molecule is CC(=O)CCCCC(=O)N1CC(C(=O)NCCO[C@@H]2O[C@@H](C)[C@@H](O)[C@@H](O)[C@@H]2O)[C@@H](C(C)=O)C1. The van der Waals surface area contributed by atoms with E-state index in [9.17, 15) is 34.5 Å². The Bertz CT molecular complexity index is 716. The van der Waals surface area contributed by atoms with Gasteiger partial charge in [-0.15, -0.1) is 0 Å². The standard InChI is InChI=1S/C22H36N2O9/c1-12(25)6-4-5-7-17(27)24-10-15(13(2)26)16(11-24)21(31)23-8-9-32-22-20(30)19(29)18(28)14(3)33-22/h14-16,18-20,22,28-30H,4-11H2,1-3H3,(H,23,31)/t14-,15+,16?,18+,19+,20-,22+/m0/s1. The van der Waals surface area contributed by atoms with E-state index in [1.165, 1.54) is 25.7 Å². The van der Waals surface area contributed by atoms with Crippen LogP contribution >= 0.6 is 0 Å². The first-order chi connectivity index (χ1) is 15.5. The fourth-order valence-electron chi connectivity index (χ4n) is 4.12. The van der Waals surface area contributed by atoms with Crippen LogP contribution in [0.25, 0.3) is 0 Å². The largest absolute Gasteiger partial charge is 0.388 e. The minimum atomic E-state index is -1.43. The highest BCUT2D eigenvalue weighted by molar-refractivity contribution is 5.90. The average molecular weight is 473 g/mol. The van der Waals surface area contributed by atoms with Crippen molar-refractivity contribution in [3.05, 3.63) is 0 Å². The van der Waals surface area contributed by atoms with E-state index >= 15 is 0 Å². The lowest BCUT2D eigenvalue weighted by Crippen LogP contribution is -2.57. The highest BCUT2D eigenvalue weighted by Crippen LogP contribution is 2.26. The normalized spacial score (nSPS) is 31.9. The molecule has 2 aliphatic heterocycles. The van der Waals surface area contributed by atoms with Crippen molar-refractivity contribution in [1.82, 2.24) is 10.2 Å². The maximum absolute atomic E-state index is 12.7. The van der Waals surface area contributed by atoms with Crippen molar-refractivity contribution in [2.75, 3.05) is 26.2 Å². The van der Waals surface area contributed by atoms with E-state index in [2.05, 4.69) is 5.32 Å². The van der Waals surface area contributed by atoms with Crippen LogP contribution in [-0.4, -0.2) is 101 Å². The second-order valence-corrected chi connectivity index (χ2v) is 8.87. The van der Waals surface area contributed by atoms with Gasteiger partial charge in [-0.25, -0.2) is 0 Å². The molecule has 0 aromatic heterocycles. The Morgan fingerprint density at radius 2 is 1.61 bits per heavy atom. The van der Waals surface area contributed by atoms with E-state index in [-0.39, 0.29) is 56.0 Å². The summed E-state index contributed by atoms with van der Waals surface area (Å²) in [5.41, 5.74) is 0. The first-order valence-electron chi connectivity index (χ1n) is 11.4. The Labute approximate surface area is 193 Å². The number of unbranched alkanes of at least 4 members (excludes halogenated alkanes) is 1. The zero-order valence-corrected chi connectivity index (χ0v) is 19.4. The average Bonchev–Trinajstić information content (AvgIpc) is 3.22. The number of hydrogen-bond acceptors (Lipinski definition) is 9. The Balaban J connectivity index is 1.79. The number of nitrogens with zero attached hydrogens (tertiary/aromatic N) is 1. The summed E-state index contributed by atoms with van der Waals surface area (Å²) < 4.78 is 10.7. The molecule has 0 spiro atoms. The molecular weight excluding hydrogens is 436 g/mol. The highest BCUT2D eigenvalue weighted by atomic mass is 16.7. The van der Waals surface area contributed by atoms with E-state index in [0.717, 1.165) is 0 Å². The number of rotatable bonds is 11. The zero-order chi connectivity index (χ0) is 24.7. The van der Waals surface area contributed by atoms with E-state index in [0.29, 0.717) is 19.3 Å². The number of ether oxygens (including phenoxy) is 2. The lowest BCUT2D eigenvalue weighted by atomic mass is 9.92. The molecular formula is C22H36N2O9. The molecule has 2 aliphatic rings. The second kappa shape index (κ2) is 12.5. The van der Waals surface area contributed by atoms with Crippen molar-refractivity contribution in [3.63, 3.8) is 0 Å². The third-order valence-electron chi connectivity index (χ3n) is 6.19. The van der Waals surface area contributed by atoms with E-state index in [1.807, 2.05) is 0 Å². The van der Waals surface area contributed by atoms with Crippen LogP contribution < -0.4 is 5.32 Å². The van der Waals surface area contributed by atoms with Crippen molar-refractivity contribution >= 4 is 23.4 Å². The molecule has 0 aromatic rings. The second-order valence-electron chi connectivity index (χ2n) is 8.87. The van der Waals surface area contributed by atoms with Crippen molar-refractivity contribution in [3.8, 4) is 0 Å². The third kappa shape index (κ3) is 7.54. The Morgan fingerprint density at radius 3 is 2.24 bits per heavy atom. The van der Waals surface area contributed by atoms with Crippen molar-refractivity contribution in [2.45, 2.75) is 77.2 Å². The van der Waals surface area contributed by atoms with Crippen LogP contribution in [0.3, 0.4) is 0 Å². The minimum Gasteiger partial charge on any atom is -0.388 e. The molecule has 1 unspecified atom stereocenters. The lowest BCUT2D eigenvalue weighted by molar-refractivity contribution is -0.292. The van der Waals surface area contributed by atoms with Crippen LogP contribution in [0.2, 0.25) is 0 Å². The van der Waals surface area contributed by atoms with Gasteiger partial charge in [0.25, 0.3) is 0 Å². The molecule has 11 heteroatoms. The molecule has 2 rings (SSSR count). The van der Waals surface area contributed by atoms with Crippen LogP contribution in [-0.2, 0) is 28.7 Å². The number of nitrogens with one attached hydrogen (secondary N) is 1. The fourth-order valence-corrected chi connectivity index (χ4v) is 4.12. The van der Waals surface area contributed by atoms with E-state index in [4.69, 9.17) is 9.47 Å². The van der Waals surface area contributed by atoms with Crippen molar-refractivity contribution in [2.24, 2.45) is 11.8 Å². The maximum atomic E-state index is 12.7. The van der Waals surface area contributed by atoms with Gasteiger partial charge in [0.15, 0.2) is 6.29 Å². The Hall–Kier alpha value is -1.92. The first kappa shape index (κ1) is 27.3. The topological polar surface area (TPSA) is 163 Å². The number of aliphatic hydroxyl groups excluding tert-OH is 3. The van der Waals surface area contributed by atoms with Crippen LogP contribution in [0.1, 0.15) is 46.5 Å². The summed E-state index contributed by atoms with van der Waals surface area (Å²) in [6.45, 7) is 4.82. The number of ketones is 2. The molecule has 188 valence electrons. The van der Waals surface area contributed by atoms with Crippen molar-refractivity contribution in [1.29, 1.82) is 0 Å².